The Morgan fingerprint density at radius 1 is 1.17 bits per heavy atom. The summed E-state index contributed by atoms with van der Waals surface area (Å²) >= 11 is 0. The van der Waals surface area contributed by atoms with E-state index < -0.39 is 15.9 Å². The van der Waals surface area contributed by atoms with E-state index in [1.165, 1.54) is 5.56 Å². The Hall–Kier alpha value is -2.68. The average molecular weight is 511 g/mol. The molecule has 0 bridgehead atoms. The van der Waals surface area contributed by atoms with Crippen molar-refractivity contribution in [1.29, 1.82) is 0 Å². The molecule has 36 heavy (non-hydrogen) atoms. The number of primary amides is 1. The third-order valence-corrected chi connectivity index (χ3v) is 9.40. The van der Waals surface area contributed by atoms with Crippen molar-refractivity contribution in [2.75, 3.05) is 25.4 Å². The highest BCUT2D eigenvalue weighted by molar-refractivity contribution is 7.89. The number of rotatable bonds is 10. The molecule has 0 unspecified atom stereocenters. The number of aromatic nitrogens is 1. The van der Waals surface area contributed by atoms with Gasteiger partial charge in [0.05, 0.1) is 16.8 Å². The van der Waals surface area contributed by atoms with Crippen LogP contribution in [0.15, 0.2) is 42.6 Å². The largest absolute Gasteiger partial charge is 0.366 e. The molecule has 1 fully saturated rings. The van der Waals surface area contributed by atoms with E-state index in [0.717, 1.165) is 59.9 Å². The van der Waals surface area contributed by atoms with E-state index in [-0.39, 0.29) is 11.7 Å². The van der Waals surface area contributed by atoms with Crippen molar-refractivity contribution in [2.24, 2.45) is 11.7 Å². The molecule has 2 heterocycles. The molecule has 0 aliphatic carbocycles. The van der Waals surface area contributed by atoms with Gasteiger partial charge in [0.1, 0.15) is 0 Å². The van der Waals surface area contributed by atoms with Crippen molar-refractivity contribution in [3.05, 3.63) is 59.3 Å². The van der Waals surface area contributed by atoms with Crippen molar-refractivity contribution in [1.82, 2.24) is 14.6 Å². The number of hydrogen-bond donors (Lipinski definition) is 3. The Kier molecular flexibility index (Phi) is 8.17. The second-order valence-electron chi connectivity index (χ2n) is 9.97. The number of piperidine rings is 1. The van der Waals surface area contributed by atoms with E-state index in [2.05, 4.69) is 48.4 Å². The Morgan fingerprint density at radius 2 is 1.92 bits per heavy atom. The molecule has 1 atom stereocenters. The summed E-state index contributed by atoms with van der Waals surface area (Å²) in [4.78, 5) is 15.7. The minimum atomic E-state index is -3.17. The molecule has 0 radical (unpaired) electrons. The van der Waals surface area contributed by atoms with Crippen molar-refractivity contribution in [3.63, 3.8) is 0 Å². The van der Waals surface area contributed by atoms with E-state index in [0.29, 0.717) is 24.6 Å². The molecule has 1 aliphatic rings. The Bertz CT molecular complexity index is 1320. The number of hydrogen-bond acceptors (Lipinski definition) is 4. The molecule has 1 amide bonds. The predicted octanol–water partition coefficient (Wildman–Crippen LogP) is 4.60. The molecule has 194 valence electrons. The van der Waals surface area contributed by atoms with E-state index >= 15 is 0 Å². The van der Waals surface area contributed by atoms with Gasteiger partial charge in [0, 0.05) is 31.2 Å². The van der Waals surface area contributed by atoms with Gasteiger partial charge in [-0.05, 0) is 78.6 Å². The number of H-pyrrole nitrogens is 1. The highest BCUT2D eigenvalue weighted by Crippen LogP contribution is 2.37. The fourth-order valence-corrected chi connectivity index (χ4v) is 6.18. The fraction of sp³-hybridized carbons (Fsp3) is 0.464. The van der Waals surface area contributed by atoms with Gasteiger partial charge in [-0.15, -0.1) is 0 Å². The zero-order valence-electron chi connectivity index (χ0n) is 21.5. The van der Waals surface area contributed by atoms with Crippen LogP contribution in [0.2, 0.25) is 0 Å². The summed E-state index contributed by atoms with van der Waals surface area (Å²) in [5, 5.41) is 4.52. The molecule has 1 aromatic heterocycles. The number of aromatic amines is 1. The van der Waals surface area contributed by atoms with Crippen LogP contribution < -0.4 is 11.1 Å². The van der Waals surface area contributed by atoms with Crippen LogP contribution in [0.25, 0.3) is 22.0 Å². The molecule has 2 aromatic carbocycles. The van der Waals surface area contributed by atoms with Crippen LogP contribution in [0, 0.1) is 5.92 Å². The number of nitrogens with two attached hydrogens (primary N) is 1. The maximum Gasteiger partial charge on any atom is 0.250 e. The molecule has 0 saturated carbocycles. The molecule has 4 N–H and O–H groups in total. The highest BCUT2D eigenvalue weighted by atomic mass is 32.2. The Labute approximate surface area is 214 Å². The number of benzene rings is 2. The molecular weight excluding hydrogens is 472 g/mol. The lowest BCUT2D eigenvalue weighted by molar-refractivity contribution is 0.100. The zero-order valence-corrected chi connectivity index (χ0v) is 22.3. The van der Waals surface area contributed by atoms with Gasteiger partial charge in [-0.3, -0.25) is 4.79 Å². The third kappa shape index (κ3) is 5.66. The van der Waals surface area contributed by atoms with E-state index in [1.807, 2.05) is 18.3 Å². The summed E-state index contributed by atoms with van der Waals surface area (Å²) in [5.41, 5.74) is 11.3. The van der Waals surface area contributed by atoms with Crippen molar-refractivity contribution < 1.29 is 13.2 Å². The summed E-state index contributed by atoms with van der Waals surface area (Å²) in [7, 11) is -3.17. The molecule has 1 aliphatic heterocycles. The van der Waals surface area contributed by atoms with E-state index in [9.17, 15) is 13.2 Å². The van der Waals surface area contributed by atoms with Crippen LogP contribution in [0.1, 0.15) is 67.4 Å². The zero-order chi connectivity index (χ0) is 25.9. The minimum Gasteiger partial charge on any atom is -0.366 e. The molecule has 0 spiro atoms. The summed E-state index contributed by atoms with van der Waals surface area (Å²) < 4.78 is 26.2. The third-order valence-electron chi connectivity index (χ3n) is 7.52. The first-order valence-electron chi connectivity index (χ1n) is 13.0. The molecule has 1 saturated heterocycles. The number of amides is 1. The van der Waals surface area contributed by atoms with Gasteiger partial charge in [-0.25, -0.2) is 12.7 Å². The van der Waals surface area contributed by atoms with Crippen LogP contribution in [0.5, 0.6) is 0 Å². The molecule has 8 heteroatoms. The summed E-state index contributed by atoms with van der Waals surface area (Å²) in [5.74, 6) is 0.511. The van der Waals surface area contributed by atoms with Gasteiger partial charge in [0.25, 0.3) is 5.91 Å². The molecular formula is C28H38N4O3S. The summed E-state index contributed by atoms with van der Waals surface area (Å²) in [6.45, 7) is 8.92. The van der Waals surface area contributed by atoms with Gasteiger partial charge in [-0.2, -0.15) is 0 Å². The number of nitrogens with zero attached hydrogens (tertiary/aromatic N) is 1. The smallest absolute Gasteiger partial charge is 0.250 e. The lowest BCUT2D eigenvalue weighted by Gasteiger charge is -2.31. The fourth-order valence-electron chi connectivity index (χ4n) is 5.05. The molecule has 3 aromatic rings. The monoisotopic (exact) mass is 510 g/mol. The minimum absolute atomic E-state index is 0.127. The summed E-state index contributed by atoms with van der Waals surface area (Å²) in [6.07, 6.45) is 4.61. The van der Waals surface area contributed by atoms with Crippen molar-refractivity contribution in [2.45, 2.75) is 52.5 Å². The first-order valence-corrected chi connectivity index (χ1v) is 14.6. The second-order valence-corrected chi connectivity index (χ2v) is 12.2. The number of nitrogens with one attached hydrogen (secondary N) is 2. The first kappa shape index (κ1) is 26.4. The molecule has 7 nitrogen and oxygen atoms in total. The lowest BCUT2D eigenvalue weighted by atomic mass is 9.88. The van der Waals surface area contributed by atoms with Crippen molar-refractivity contribution >= 4 is 26.8 Å². The van der Waals surface area contributed by atoms with E-state index in [1.54, 1.807) is 11.2 Å². The lowest BCUT2D eigenvalue weighted by Crippen LogP contribution is -2.38. The van der Waals surface area contributed by atoms with Crippen LogP contribution in [-0.2, 0) is 16.6 Å². The van der Waals surface area contributed by atoms with Crippen molar-refractivity contribution in [3.8, 4) is 11.1 Å². The van der Waals surface area contributed by atoms with Crippen LogP contribution in [0.4, 0.5) is 0 Å². The second kappa shape index (κ2) is 11.2. The van der Waals surface area contributed by atoms with Gasteiger partial charge < -0.3 is 16.0 Å². The number of carbonyl (C=O) groups is 1. The SMILES string of the molecule is CC[C@H](C)CNCc1cccc(-c2cc(C(N)=O)c3[nH]cc(C4CCN(S(=O)(=O)CC)CC4)c3c2)c1. The van der Waals surface area contributed by atoms with E-state index in [4.69, 9.17) is 5.73 Å². The van der Waals surface area contributed by atoms with Crippen LogP contribution in [-0.4, -0.2) is 49.0 Å². The Morgan fingerprint density at radius 3 is 2.58 bits per heavy atom. The maximum atomic E-state index is 12.4. The topological polar surface area (TPSA) is 108 Å². The number of fused-ring (bicyclic) bond motifs is 1. The predicted molar refractivity (Wildman–Crippen MR) is 146 cm³/mol. The standard InChI is InChI=1S/C28H38N4O3S/c1-4-19(3)16-30-17-20-7-6-8-22(13-20)23-14-24-26(18-31-27(24)25(15-23)28(29)33)21-9-11-32(12-10-21)36(34,35)5-2/h6-8,13-15,18-19,21,30-31H,4-5,9-12,16-17H2,1-3H3,(H2,29,33)/t19-/m0/s1. The van der Waals surface area contributed by atoms with Gasteiger partial charge in [0.15, 0.2) is 0 Å². The summed E-state index contributed by atoms with van der Waals surface area (Å²) in [6, 6.07) is 12.4. The maximum absolute atomic E-state index is 12.4. The first-order chi connectivity index (χ1) is 17.2. The average Bonchev–Trinajstić information content (AvgIpc) is 3.32. The number of sulfonamides is 1. The van der Waals surface area contributed by atoms with Crippen LogP contribution in [0.3, 0.4) is 0 Å². The quantitative estimate of drug-likeness (QED) is 0.370. The highest BCUT2D eigenvalue weighted by Gasteiger charge is 2.29. The molecule has 4 rings (SSSR count). The van der Waals surface area contributed by atoms with Gasteiger partial charge in [0.2, 0.25) is 10.0 Å². The van der Waals surface area contributed by atoms with Gasteiger partial charge in [-0.1, -0.05) is 38.5 Å². The normalized spacial score (nSPS) is 16.4. The Balaban J connectivity index is 1.64. The van der Waals surface area contributed by atoms with Gasteiger partial charge >= 0.3 is 0 Å². The van der Waals surface area contributed by atoms with Crippen LogP contribution >= 0.6 is 0 Å². The number of carbonyl (C=O) groups excluding carboxylic acids is 1.